The first-order valence-electron chi connectivity index (χ1n) is 3.67. The second-order valence-electron chi connectivity index (χ2n) is 2.40. The van der Waals surface area contributed by atoms with Crippen molar-refractivity contribution in [2.75, 3.05) is 0 Å². The molecule has 0 N–H and O–H groups in total. The van der Waals surface area contributed by atoms with Gasteiger partial charge in [0.2, 0.25) is 0 Å². The number of alkyl halides is 5. The summed E-state index contributed by atoms with van der Waals surface area (Å²) in [6.07, 6.45) is -4.86. The lowest BCUT2D eigenvalue weighted by atomic mass is 10.3. The van der Waals surface area contributed by atoms with E-state index in [2.05, 4.69) is 9.47 Å². The Morgan fingerprint density at radius 2 is 1.67 bits per heavy atom. The summed E-state index contributed by atoms with van der Waals surface area (Å²) in [7, 11) is 0. The van der Waals surface area contributed by atoms with Crippen molar-refractivity contribution in [1.82, 2.24) is 0 Å². The third-order valence-electron chi connectivity index (χ3n) is 1.26. The van der Waals surface area contributed by atoms with Crippen LogP contribution in [0.15, 0.2) is 24.3 Å². The third-order valence-corrected chi connectivity index (χ3v) is 1.26. The van der Waals surface area contributed by atoms with E-state index in [1.165, 1.54) is 0 Å². The summed E-state index contributed by atoms with van der Waals surface area (Å²) in [4.78, 5) is 0. The quantitative estimate of drug-likeness (QED) is 0.739. The number of benzene rings is 1. The molecule has 0 heterocycles. The summed E-state index contributed by atoms with van der Waals surface area (Å²) in [6, 6.07) is 3.90. The standard InChI is InChI=1S/C8H5F5O2/c9-7(10)14-5-2-1-3-6(4-5)15-8(11,12)13/h1-4,7H. The molecular formula is C8H5F5O2. The van der Waals surface area contributed by atoms with Gasteiger partial charge in [-0.25, -0.2) is 0 Å². The molecule has 0 saturated heterocycles. The fourth-order valence-electron chi connectivity index (χ4n) is 0.848. The molecule has 2 nitrogen and oxygen atoms in total. The Morgan fingerprint density at radius 3 is 2.20 bits per heavy atom. The van der Waals surface area contributed by atoms with Crippen LogP contribution >= 0.6 is 0 Å². The highest BCUT2D eigenvalue weighted by Crippen LogP contribution is 2.26. The maximum absolute atomic E-state index is 11.7. The number of hydrogen-bond acceptors (Lipinski definition) is 2. The van der Waals surface area contributed by atoms with Crippen LogP contribution in [0.5, 0.6) is 11.5 Å². The average Bonchev–Trinajstić information content (AvgIpc) is 1.99. The molecule has 0 unspecified atom stereocenters. The van der Waals surface area contributed by atoms with Crippen molar-refractivity contribution in [1.29, 1.82) is 0 Å². The van der Waals surface area contributed by atoms with Crippen LogP contribution < -0.4 is 9.47 Å². The molecule has 1 aromatic rings. The van der Waals surface area contributed by atoms with Gasteiger partial charge in [-0.15, -0.1) is 13.2 Å². The lowest BCUT2D eigenvalue weighted by Gasteiger charge is -2.10. The number of ether oxygens (including phenoxy) is 2. The van der Waals surface area contributed by atoms with Gasteiger partial charge in [-0.2, -0.15) is 8.78 Å². The highest BCUT2D eigenvalue weighted by molar-refractivity contribution is 5.33. The molecule has 1 rings (SSSR count). The molecule has 1 aromatic carbocycles. The van der Waals surface area contributed by atoms with Crippen molar-refractivity contribution >= 4 is 0 Å². The predicted molar refractivity (Wildman–Crippen MR) is 39.8 cm³/mol. The zero-order valence-corrected chi connectivity index (χ0v) is 7.09. The third kappa shape index (κ3) is 4.48. The van der Waals surface area contributed by atoms with Gasteiger partial charge in [-0.05, 0) is 12.1 Å². The van der Waals surface area contributed by atoms with E-state index < -0.39 is 24.5 Å². The molecule has 0 fully saturated rings. The second kappa shape index (κ2) is 4.33. The highest BCUT2D eigenvalue weighted by Gasteiger charge is 2.31. The molecule has 0 aliphatic rings. The molecule has 0 aliphatic carbocycles. The summed E-state index contributed by atoms with van der Waals surface area (Å²) >= 11 is 0. The summed E-state index contributed by atoms with van der Waals surface area (Å²) in [6.45, 7) is -3.09. The van der Waals surface area contributed by atoms with Gasteiger partial charge in [0.05, 0.1) is 0 Å². The van der Waals surface area contributed by atoms with E-state index in [-0.39, 0.29) is 0 Å². The highest BCUT2D eigenvalue weighted by atomic mass is 19.4. The van der Waals surface area contributed by atoms with Crippen molar-refractivity contribution in [3.8, 4) is 11.5 Å². The van der Waals surface area contributed by atoms with Gasteiger partial charge >= 0.3 is 13.0 Å². The molecule has 0 saturated carbocycles. The van der Waals surface area contributed by atoms with Gasteiger partial charge in [0.1, 0.15) is 11.5 Å². The zero-order chi connectivity index (χ0) is 11.5. The normalized spacial score (nSPS) is 11.6. The van der Waals surface area contributed by atoms with Crippen LogP contribution in [0, 0.1) is 0 Å². The van der Waals surface area contributed by atoms with E-state index in [0.717, 1.165) is 24.3 Å². The largest absolute Gasteiger partial charge is 0.573 e. The summed E-state index contributed by atoms with van der Waals surface area (Å²) in [5.74, 6) is -1.01. The second-order valence-corrected chi connectivity index (χ2v) is 2.40. The Balaban J connectivity index is 2.74. The Labute approximate surface area is 81.2 Å². The smallest absolute Gasteiger partial charge is 0.435 e. The van der Waals surface area contributed by atoms with Gasteiger partial charge in [0.15, 0.2) is 0 Å². The van der Waals surface area contributed by atoms with Crippen LogP contribution in [0.25, 0.3) is 0 Å². The monoisotopic (exact) mass is 228 g/mol. The van der Waals surface area contributed by atoms with E-state index in [9.17, 15) is 22.0 Å². The van der Waals surface area contributed by atoms with Crippen molar-refractivity contribution in [3.05, 3.63) is 24.3 Å². The minimum absolute atomic E-state index is 0.397. The van der Waals surface area contributed by atoms with E-state index in [1.54, 1.807) is 0 Å². The Morgan fingerprint density at radius 1 is 1.07 bits per heavy atom. The van der Waals surface area contributed by atoms with Gasteiger partial charge in [-0.3, -0.25) is 0 Å². The number of halogens is 5. The van der Waals surface area contributed by atoms with Crippen molar-refractivity contribution in [2.24, 2.45) is 0 Å². The number of hydrogen-bond donors (Lipinski definition) is 0. The SMILES string of the molecule is FC(F)Oc1cccc(OC(F)(F)F)c1. The average molecular weight is 228 g/mol. The first-order valence-corrected chi connectivity index (χ1v) is 3.67. The van der Waals surface area contributed by atoms with Crippen LogP contribution in [0.2, 0.25) is 0 Å². The summed E-state index contributed by atoms with van der Waals surface area (Å²) < 4.78 is 66.0. The van der Waals surface area contributed by atoms with Gasteiger partial charge in [0.25, 0.3) is 0 Å². The molecule has 0 radical (unpaired) electrons. The van der Waals surface area contributed by atoms with Crippen molar-refractivity contribution < 1.29 is 31.4 Å². The molecule has 0 amide bonds. The molecule has 84 valence electrons. The predicted octanol–water partition coefficient (Wildman–Crippen LogP) is 3.19. The van der Waals surface area contributed by atoms with Gasteiger partial charge in [-0.1, -0.05) is 6.07 Å². The maximum Gasteiger partial charge on any atom is 0.573 e. The number of rotatable bonds is 3. The zero-order valence-electron chi connectivity index (χ0n) is 7.09. The van der Waals surface area contributed by atoms with Crippen LogP contribution in [0.1, 0.15) is 0 Å². The molecule has 0 bridgehead atoms. The molecule has 0 aromatic heterocycles. The van der Waals surface area contributed by atoms with Crippen molar-refractivity contribution in [3.63, 3.8) is 0 Å². The first-order chi connectivity index (χ1) is 6.87. The fourth-order valence-corrected chi connectivity index (χ4v) is 0.848. The fraction of sp³-hybridized carbons (Fsp3) is 0.250. The van der Waals surface area contributed by atoms with Gasteiger partial charge < -0.3 is 9.47 Å². The molecule has 7 heteroatoms. The lowest BCUT2D eigenvalue weighted by Crippen LogP contribution is -2.17. The van der Waals surface area contributed by atoms with Gasteiger partial charge in [0, 0.05) is 6.07 Å². The minimum atomic E-state index is -4.86. The van der Waals surface area contributed by atoms with E-state index >= 15 is 0 Å². The molecule has 0 aliphatic heterocycles. The van der Waals surface area contributed by atoms with E-state index in [0.29, 0.717) is 0 Å². The summed E-state index contributed by atoms with van der Waals surface area (Å²) in [5, 5.41) is 0. The van der Waals surface area contributed by atoms with E-state index in [1.807, 2.05) is 0 Å². The topological polar surface area (TPSA) is 18.5 Å². The first kappa shape index (κ1) is 11.5. The van der Waals surface area contributed by atoms with E-state index in [4.69, 9.17) is 0 Å². The van der Waals surface area contributed by atoms with Crippen molar-refractivity contribution in [2.45, 2.75) is 13.0 Å². The lowest BCUT2D eigenvalue weighted by molar-refractivity contribution is -0.274. The van der Waals surface area contributed by atoms with Crippen LogP contribution in [-0.4, -0.2) is 13.0 Å². The molecular weight excluding hydrogens is 223 g/mol. The molecule has 15 heavy (non-hydrogen) atoms. The Bertz CT molecular complexity index is 323. The Kier molecular flexibility index (Phi) is 3.33. The maximum atomic E-state index is 11.7. The molecule has 0 spiro atoms. The summed E-state index contributed by atoms with van der Waals surface area (Å²) in [5.41, 5.74) is 0. The van der Waals surface area contributed by atoms with Crippen LogP contribution in [-0.2, 0) is 0 Å². The van der Waals surface area contributed by atoms with Crippen LogP contribution in [0.4, 0.5) is 22.0 Å². The molecule has 0 atom stereocenters. The minimum Gasteiger partial charge on any atom is -0.435 e. The Hall–Kier alpha value is -1.53. The van der Waals surface area contributed by atoms with Crippen LogP contribution in [0.3, 0.4) is 0 Å².